The third kappa shape index (κ3) is 4.40. The molecule has 1 aromatic carbocycles. The number of aromatic nitrogens is 2. The number of carbonyl (C=O) groups excluding carboxylic acids is 1. The summed E-state index contributed by atoms with van der Waals surface area (Å²) in [5, 5.41) is 21.9. The summed E-state index contributed by atoms with van der Waals surface area (Å²) >= 11 is 1.10. The summed E-state index contributed by atoms with van der Waals surface area (Å²) in [5.74, 6) is 0. The number of aliphatic hydroxyl groups is 1. The van der Waals surface area contributed by atoms with Gasteiger partial charge in [-0.25, -0.2) is 4.79 Å². The maximum absolute atomic E-state index is 12.6. The molecule has 2 rings (SSSR count). The predicted molar refractivity (Wildman–Crippen MR) is 73.3 cm³/mol. The second kappa shape index (κ2) is 6.71. The van der Waals surface area contributed by atoms with Crippen molar-refractivity contribution in [2.45, 2.75) is 12.3 Å². The number of alkyl halides is 3. The number of nitrogens with one attached hydrogen (secondary N) is 2. The SMILES string of the molecule is O=C(NC[C@H](O)c1cccc(C(F)(F)F)c1)Nc1nncs1. The zero-order chi connectivity index (χ0) is 16.2. The summed E-state index contributed by atoms with van der Waals surface area (Å²) in [6.45, 7) is -0.244. The van der Waals surface area contributed by atoms with Crippen molar-refractivity contribution in [1.82, 2.24) is 15.5 Å². The molecule has 2 aromatic rings. The van der Waals surface area contributed by atoms with Crippen molar-refractivity contribution in [3.8, 4) is 0 Å². The van der Waals surface area contributed by atoms with Gasteiger partial charge in [-0.1, -0.05) is 23.5 Å². The first-order chi connectivity index (χ1) is 10.4. The van der Waals surface area contributed by atoms with Crippen molar-refractivity contribution in [2.75, 3.05) is 11.9 Å². The molecule has 1 aromatic heterocycles. The van der Waals surface area contributed by atoms with Gasteiger partial charge in [0.15, 0.2) is 0 Å². The van der Waals surface area contributed by atoms with Gasteiger partial charge in [-0.2, -0.15) is 13.2 Å². The molecule has 0 fully saturated rings. The number of anilines is 1. The van der Waals surface area contributed by atoms with Gasteiger partial charge in [-0.3, -0.25) is 5.32 Å². The Morgan fingerprint density at radius 2 is 2.18 bits per heavy atom. The zero-order valence-electron chi connectivity index (χ0n) is 11.0. The Labute approximate surface area is 127 Å². The van der Waals surface area contributed by atoms with E-state index < -0.39 is 23.9 Å². The van der Waals surface area contributed by atoms with Crippen LogP contribution in [-0.2, 0) is 6.18 Å². The Hall–Kier alpha value is -2.20. The summed E-state index contributed by atoms with van der Waals surface area (Å²) in [5.41, 5.74) is 0.626. The van der Waals surface area contributed by atoms with Crippen LogP contribution in [0.25, 0.3) is 0 Å². The smallest absolute Gasteiger partial charge is 0.387 e. The number of carbonyl (C=O) groups is 1. The number of halogens is 3. The van der Waals surface area contributed by atoms with Crippen LogP contribution in [0.3, 0.4) is 0 Å². The lowest BCUT2D eigenvalue weighted by atomic mass is 10.1. The number of urea groups is 1. The maximum atomic E-state index is 12.6. The summed E-state index contributed by atoms with van der Waals surface area (Å²) < 4.78 is 37.8. The Kier molecular flexibility index (Phi) is 4.93. The maximum Gasteiger partial charge on any atom is 0.416 e. The van der Waals surface area contributed by atoms with Crippen LogP contribution >= 0.6 is 11.3 Å². The highest BCUT2D eigenvalue weighted by Crippen LogP contribution is 2.30. The van der Waals surface area contributed by atoms with Crippen molar-refractivity contribution >= 4 is 22.5 Å². The van der Waals surface area contributed by atoms with Gasteiger partial charge in [-0.15, -0.1) is 10.2 Å². The topological polar surface area (TPSA) is 87.1 Å². The molecular formula is C12H11F3N4O2S. The van der Waals surface area contributed by atoms with Gasteiger partial charge in [0.25, 0.3) is 0 Å². The van der Waals surface area contributed by atoms with Crippen molar-refractivity contribution in [2.24, 2.45) is 0 Å². The molecule has 2 amide bonds. The Balaban J connectivity index is 1.92. The number of nitrogens with zero attached hydrogens (tertiary/aromatic N) is 2. The predicted octanol–water partition coefficient (Wildman–Crippen LogP) is 2.41. The second-order valence-electron chi connectivity index (χ2n) is 4.22. The van der Waals surface area contributed by atoms with Gasteiger partial charge in [0, 0.05) is 6.54 Å². The minimum Gasteiger partial charge on any atom is -0.387 e. The van der Waals surface area contributed by atoms with Gasteiger partial charge >= 0.3 is 12.2 Å². The van der Waals surface area contributed by atoms with Crippen molar-refractivity contribution in [3.63, 3.8) is 0 Å². The molecule has 0 aliphatic rings. The quantitative estimate of drug-likeness (QED) is 0.802. The fourth-order valence-corrected chi connectivity index (χ4v) is 2.04. The molecule has 22 heavy (non-hydrogen) atoms. The van der Waals surface area contributed by atoms with E-state index in [4.69, 9.17) is 0 Å². The number of rotatable bonds is 4. The van der Waals surface area contributed by atoms with E-state index in [1.54, 1.807) is 0 Å². The van der Waals surface area contributed by atoms with E-state index >= 15 is 0 Å². The summed E-state index contributed by atoms with van der Waals surface area (Å²) in [4.78, 5) is 11.5. The molecule has 118 valence electrons. The van der Waals surface area contributed by atoms with Gasteiger partial charge < -0.3 is 10.4 Å². The lowest BCUT2D eigenvalue weighted by Crippen LogP contribution is -2.32. The largest absolute Gasteiger partial charge is 0.416 e. The van der Waals surface area contributed by atoms with Crippen LogP contribution in [0.4, 0.5) is 23.1 Å². The minimum absolute atomic E-state index is 0.0611. The number of aliphatic hydroxyl groups excluding tert-OH is 1. The zero-order valence-corrected chi connectivity index (χ0v) is 11.8. The lowest BCUT2D eigenvalue weighted by Gasteiger charge is -2.14. The van der Waals surface area contributed by atoms with Crippen LogP contribution in [0.5, 0.6) is 0 Å². The molecule has 0 radical (unpaired) electrons. The highest BCUT2D eigenvalue weighted by Gasteiger charge is 2.30. The summed E-state index contributed by atoms with van der Waals surface area (Å²) in [7, 11) is 0. The van der Waals surface area contributed by atoms with Gasteiger partial charge in [0.1, 0.15) is 5.51 Å². The highest BCUT2D eigenvalue weighted by atomic mass is 32.1. The van der Waals surface area contributed by atoms with Crippen molar-refractivity contribution in [3.05, 3.63) is 40.9 Å². The van der Waals surface area contributed by atoms with Crippen LogP contribution < -0.4 is 10.6 Å². The molecule has 0 saturated carbocycles. The summed E-state index contributed by atoms with van der Waals surface area (Å²) in [6.07, 6.45) is -5.75. The minimum atomic E-state index is -4.49. The Morgan fingerprint density at radius 1 is 1.41 bits per heavy atom. The van der Waals surface area contributed by atoms with E-state index in [9.17, 15) is 23.1 Å². The van der Waals surface area contributed by atoms with Gasteiger partial charge in [0.2, 0.25) is 5.13 Å². The second-order valence-corrected chi connectivity index (χ2v) is 5.05. The van der Waals surface area contributed by atoms with Crippen LogP contribution in [0.2, 0.25) is 0 Å². The number of amides is 2. The van der Waals surface area contributed by atoms with E-state index in [1.165, 1.54) is 17.6 Å². The normalized spacial score (nSPS) is 12.7. The third-order valence-corrected chi connectivity index (χ3v) is 3.24. The first-order valence-electron chi connectivity index (χ1n) is 6.02. The first-order valence-corrected chi connectivity index (χ1v) is 6.90. The summed E-state index contributed by atoms with van der Waals surface area (Å²) in [6, 6.07) is 3.66. The number of hydrogen-bond acceptors (Lipinski definition) is 5. The van der Waals surface area contributed by atoms with Crippen LogP contribution in [0.1, 0.15) is 17.2 Å². The highest BCUT2D eigenvalue weighted by molar-refractivity contribution is 7.13. The van der Waals surface area contributed by atoms with Crippen LogP contribution in [-0.4, -0.2) is 27.9 Å². The Morgan fingerprint density at radius 3 is 2.82 bits per heavy atom. The van der Waals surface area contributed by atoms with E-state index in [1.807, 2.05) is 0 Å². The molecule has 10 heteroatoms. The van der Waals surface area contributed by atoms with Gasteiger partial charge in [-0.05, 0) is 17.7 Å². The molecule has 0 spiro atoms. The monoisotopic (exact) mass is 332 g/mol. The number of hydrogen-bond donors (Lipinski definition) is 3. The van der Waals surface area contributed by atoms with E-state index in [0.29, 0.717) is 0 Å². The molecule has 0 aliphatic heterocycles. The van der Waals surface area contributed by atoms with Gasteiger partial charge in [0.05, 0.1) is 11.7 Å². The van der Waals surface area contributed by atoms with Crippen LogP contribution in [0.15, 0.2) is 29.8 Å². The molecule has 1 atom stereocenters. The third-order valence-electron chi connectivity index (χ3n) is 2.64. The average molecular weight is 332 g/mol. The first kappa shape index (κ1) is 16.2. The standard InChI is InChI=1S/C12H11F3N4O2S/c13-12(14,15)8-3-1-2-7(4-8)9(20)5-16-10(21)18-11-19-17-6-22-11/h1-4,6,9,20H,5H2,(H2,16,18,19,21)/t9-/m0/s1. The Bertz CT molecular complexity index is 634. The van der Waals surface area contributed by atoms with E-state index in [2.05, 4.69) is 20.8 Å². The van der Waals surface area contributed by atoms with Crippen molar-refractivity contribution in [1.29, 1.82) is 0 Å². The molecule has 3 N–H and O–H groups in total. The van der Waals surface area contributed by atoms with E-state index in [0.717, 1.165) is 23.5 Å². The van der Waals surface area contributed by atoms with E-state index in [-0.39, 0.29) is 17.2 Å². The number of benzene rings is 1. The lowest BCUT2D eigenvalue weighted by molar-refractivity contribution is -0.137. The molecule has 0 aliphatic carbocycles. The molecule has 6 nitrogen and oxygen atoms in total. The molecule has 0 unspecified atom stereocenters. The average Bonchev–Trinajstić information content (AvgIpc) is 2.97. The van der Waals surface area contributed by atoms with Crippen LogP contribution in [0, 0.1) is 0 Å². The molecule has 0 bridgehead atoms. The molecular weight excluding hydrogens is 321 g/mol. The van der Waals surface area contributed by atoms with Crippen molar-refractivity contribution < 1.29 is 23.1 Å². The molecule has 1 heterocycles. The fraction of sp³-hybridized carbons (Fsp3) is 0.250. The molecule has 0 saturated heterocycles. The fourth-order valence-electron chi connectivity index (χ4n) is 1.60.